The summed E-state index contributed by atoms with van der Waals surface area (Å²) in [6.07, 6.45) is 1.86. The van der Waals surface area contributed by atoms with E-state index in [2.05, 4.69) is 39.4 Å². The lowest BCUT2D eigenvalue weighted by Crippen LogP contribution is -2.44. The number of rotatable bonds is 9. The van der Waals surface area contributed by atoms with Crippen LogP contribution in [0.4, 0.5) is 0 Å². The van der Waals surface area contributed by atoms with Crippen LogP contribution in [-0.4, -0.2) is 68.2 Å². The van der Waals surface area contributed by atoms with E-state index in [-0.39, 0.29) is 11.8 Å². The summed E-state index contributed by atoms with van der Waals surface area (Å²) >= 11 is 0. The van der Waals surface area contributed by atoms with Crippen molar-refractivity contribution < 1.29 is 14.3 Å². The van der Waals surface area contributed by atoms with E-state index in [1.54, 1.807) is 0 Å². The molecule has 172 valence electrons. The van der Waals surface area contributed by atoms with Gasteiger partial charge in [-0.2, -0.15) is 0 Å². The van der Waals surface area contributed by atoms with Gasteiger partial charge in [0.25, 0.3) is 0 Å². The lowest BCUT2D eigenvalue weighted by Gasteiger charge is -2.31. The van der Waals surface area contributed by atoms with Crippen LogP contribution in [-0.2, 0) is 22.7 Å². The number of hydrogen-bond donors (Lipinski definition) is 1. The molecule has 1 N–H and O–H groups in total. The zero-order valence-electron chi connectivity index (χ0n) is 18.9. The molecule has 0 bridgehead atoms. The van der Waals surface area contributed by atoms with E-state index in [1.807, 2.05) is 30.3 Å². The maximum absolute atomic E-state index is 12.5. The Hall–Kier alpha value is -2.41. The third-order valence-electron chi connectivity index (χ3n) is 6.37. The van der Waals surface area contributed by atoms with Gasteiger partial charge < -0.3 is 14.8 Å². The first-order chi connectivity index (χ1) is 15.8. The highest BCUT2D eigenvalue weighted by atomic mass is 16.5. The van der Waals surface area contributed by atoms with Crippen molar-refractivity contribution in [3.05, 3.63) is 65.7 Å². The molecule has 0 spiro atoms. The summed E-state index contributed by atoms with van der Waals surface area (Å²) in [5.41, 5.74) is 2.45. The number of nitrogens with zero attached hydrogens (tertiary/aromatic N) is 2. The smallest absolute Gasteiger partial charge is 0.223 e. The molecule has 2 aliphatic heterocycles. The highest BCUT2D eigenvalue weighted by Crippen LogP contribution is 2.21. The Labute approximate surface area is 191 Å². The quantitative estimate of drug-likeness (QED) is 0.654. The lowest BCUT2D eigenvalue weighted by atomic mass is 9.95. The van der Waals surface area contributed by atoms with Gasteiger partial charge in [0, 0.05) is 38.6 Å². The third-order valence-corrected chi connectivity index (χ3v) is 6.37. The summed E-state index contributed by atoms with van der Waals surface area (Å²) in [5, 5.41) is 3.14. The molecule has 2 aromatic rings. The molecule has 0 saturated carbocycles. The van der Waals surface area contributed by atoms with Crippen molar-refractivity contribution in [2.45, 2.75) is 26.0 Å². The van der Waals surface area contributed by atoms with Crippen molar-refractivity contribution in [2.24, 2.45) is 5.92 Å². The number of carbonyl (C=O) groups excluding carboxylic acids is 1. The first kappa shape index (κ1) is 22.8. The number of amides is 1. The van der Waals surface area contributed by atoms with Crippen molar-refractivity contribution in [3.8, 4) is 5.75 Å². The zero-order chi connectivity index (χ0) is 22.0. The molecule has 2 aliphatic rings. The number of morpholine rings is 1. The van der Waals surface area contributed by atoms with Gasteiger partial charge in [-0.15, -0.1) is 0 Å². The minimum Gasteiger partial charge on any atom is -0.489 e. The van der Waals surface area contributed by atoms with E-state index in [0.29, 0.717) is 6.61 Å². The number of piperidine rings is 1. The molecule has 0 atom stereocenters. The molecule has 0 unspecified atom stereocenters. The third kappa shape index (κ3) is 7.05. The predicted octanol–water partition coefficient (Wildman–Crippen LogP) is 2.93. The molecule has 2 fully saturated rings. The van der Waals surface area contributed by atoms with E-state index in [9.17, 15) is 4.79 Å². The normalized spacial score (nSPS) is 18.4. The monoisotopic (exact) mass is 437 g/mol. The lowest BCUT2D eigenvalue weighted by molar-refractivity contribution is -0.126. The highest BCUT2D eigenvalue weighted by molar-refractivity contribution is 5.78. The number of likely N-dealkylation sites (tertiary alicyclic amines) is 1. The van der Waals surface area contributed by atoms with Gasteiger partial charge in [-0.25, -0.2) is 0 Å². The van der Waals surface area contributed by atoms with Crippen LogP contribution in [0, 0.1) is 5.92 Å². The van der Waals surface area contributed by atoms with Crippen LogP contribution in [0.5, 0.6) is 5.75 Å². The second-order valence-corrected chi connectivity index (χ2v) is 8.71. The minimum absolute atomic E-state index is 0.143. The number of hydrogen-bond acceptors (Lipinski definition) is 5. The summed E-state index contributed by atoms with van der Waals surface area (Å²) in [6, 6.07) is 18.6. The SMILES string of the molecule is O=C(NCCN1CCOCC1)C1CCN(Cc2ccc(OCc3ccccc3)cc2)CC1. The standard InChI is InChI=1S/C26H35N3O3/c30-26(27-12-15-28-16-18-31-19-17-28)24-10-13-29(14-11-24)20-22-6-8-25(9-7-22)32-21-23-4-2-1-3-5-23/h1-9,24H,10-21H2,(H,27,30). The largest absolute Gasteiger partial charge is 0.489 e. The average Bonchev–Trinajstić information content (AvgIpc) is 2.85. The summed E-state index contributed by atoms with van der Waals surface area (Å²) < 4.78 is 11.2. The fourth-order valence-corrected chi connectivity index (χ4v) is 4.35. The van der Waals surface area contributed by atoms with E-state index in [0.717, 1.165) is 77.6 Å². The zero-order valence-corrected chi connectivity index (χ0v) is 18.9. The van der Waals surface area contributed by atoms with Crippen LogP contribution < -0.4 is 10.1 Å². The van der Waals surface area contributed by atoms with Gasteiger partial charge in [0.15, 0.2) is 0 Å². The maximum atomic E-state index is 12.5. The Morgan fingerprint density at radius 2 is 1.62 bits per heavy atom. The van der Waals surface area contributed by atoms with E-state index < -0.39 is 0 Å². The number of carbonyl (C=O) groups is 1. The Balaban J connectivity index is 1.13. The Morgan fingerprint density at radius 3 is 2.34 bits per heavy atom. The number of nitrogens with one attached hydrogen (secondary N) is 1. The van der Waals surface area contributed by atoms with Gasteiger partial charge in [-0.05, 0) is 49.2 Å². The molecule has 2 aromatic carbocycles. The maximum Gasteiger partial charge on any atom is 0.223 e. The van der Waals surface area contributed by atoms with Crippen LogP contribution in [0.2, 0.25) is 0 Å². The summed E-state index contributed by atoms with van der Waals surface area (Å²) in [4.78, 5) is 17.3. The molecule has 1 amide bonds. The molecule has 0 aliphatic carbocycles. The van der Waals surface area contributed by atoms with Crippen LogP contribution >= 0.6 is 0 Å². The first-order valence-corrected chi connectivity index (χ1v) is 11.8. The van der Waals surface area contributed by atoms with Crippen molar-refractivity contribution in [1.82, 2.24) is 15.1 Å². The van der Waals surface area contributed by atoms with Crippen molar-refractivity contribution >= 4 is 5.91 Å². The fraction of sp³-hybridized carbons (Fsp3) is 0.500. The molecular weight excluding hydrogens is 402 g/mol. The number of benzene rings is 2. The summed E-state index contributed by atoms with van der Waals surface area (Å²) in [7, 11) is 0. The van der Waals surface area contributed by atoms with Crippen LogP contribution in [0.25, 0.3) is 0 Å². The Morgan fingerprint density at radius 1 is 0.906 bits per heavy atom. The molecule has 2 saturated heterocycles. The molecule has 6 heteroatoms. The predicted molar refractivity (Wildman–Crippen MR) is 125 cm³/mol. The molecule has 4 rings (SSSR count). The second-order valence-electron chi connectivity index (χ2n) is 8.71. The summed E-state index contributed by atoms with van der Waals surface area (Å²) in [6.45, 7) is 8.62. The number of ether oxygens (including phenoxy) is 2. The van der Waals surface area contributed by atoms with Gasteiger partial charge in [-0.1, -0.05) is 42.5 Å². The van der Waals surface area contributed by atoms with Crippen LogP contribution in [0.1, 0.15) is 24.0 Å². The molecule has 0 radical (unpaired) electrons. The van der Waals surface area contributed by atoms with Crippen LogP contribution in [0.15, 0.2) is 54.6 Å². The fourth-order valence-electron chi connectivity index (χ4n) is 4.35. The van der Waals surface area contributed by atoms with E-state index >= 15 is 0 Å². The molecule has 2 heterocycles. The van der Waals surface area contributed by atoms with Crippen molar-refractivity contribution in [1.29, 1.82) is 0 Å². The van der Waals surface area contributed by atoms with Gasteiger partial charge in [0.05, 0.1) is 13.2 Å². The van der Waals surface area contributed by atoms with E-state index in [4.69, 9.17) is 9.47 Å². The molecule has 6 nitrogen and oxygen atoms in total. The highest BCUT2D eigenvalue weighted by Gasteiger charge is 2.25. The Bertz CT molecular complexity index is 814. The van der Waals surface area contributed by atoms with Gasteiger partial charge >= 0.3 is 0 Å². The van der Waals surface area contributed by atoms with Crippen molar-refractivity contribution in [3.63, 3.8) is 0 Å². The topological polar surface area (TPSA) is 54.0 Å². The molecule has 0 aromatic heterocycles. The Kier molecular flexibility index (Phi) is 8.54. The second kappa shape index (κ2) is 12.0. The van der Waals surface area contributed by atoms with Gasteiger partial charge in [0.2, 0.25) is 5.91 Å². The molecular formula is C26H35N3O3. The van der Waals surface area contributed by atoms with E-state index in [1.165, 1.54) is 11.1 Å². The van der Waals surface area contributed by atoms with Crippen molar-refractivity contribution in [2.75, 3.05) is 52.5 Å². The average molecular weight is 438 g/mol. The summed E-state index contributed by atoms with van der Waals surface area (Å²) in [5.74, 6) is 1.26. The molecule has 32 heavy (non-hydrogen) atoms. The van der Waals surface area contributed by atoms with Crippen LogP contribution in [0.3, 0.4) is 0 Å². The minimum atomic E-state index is 0.143. The first-order valence-electron chi connectivity index (χ1n) is 11.8. The van der Waals surface area contributed by atoms with Gasteiger partial charge in [-0.3, -0.25) is 14.6 Å². The van der Waals surface area contributed by atoms with Gasteiger partial charge in [0.1, 0.15) is 12.4 Å².